The molecule has 0 heteroatoms. The Labute approximate surface area is 176 Å². The minimum atomic E-state index is 0.564. The Hall–Kier alpha value is 0. The van der Waals surface area contributed by atoms with Gasteiger partial charge in [-0.15, -0.1) is 0 Å². The van der Waals surface area contributed by atoms with E-state index >= 15 is 0 Å². The van der Waals surface area contributed by atoms with Crippen LogP contribution in [0.5, 0.6) is 0 Å². The smallest absolute Gasteiger partial charge is 0.0329 e. The van der Waals surface area contributed by atoms with Gasteiger partial charge in [-0.3, -0.25) is 0 Å². The highest BCUT2D eigenvalue weighted by molar-refractivity contribution is 4.77. The van der Waals surface area contributed by atoms with E-state index in [1.807, 2.05) is 27.7 Å². The Bertz CT molecular complexity index is 230. The second-order valence-electron chi connectivity index (χ2n) is 8.78. The maximum atomic E-state index is 2.48. The summed E-state index contributed by atoms with van der Waals surface area (Å²) in [6.45, 7) is 22.2. The summed E-state index contributed by atoms with van der Waals surface area (Å²) in [5.41, 5.74) is 0.564. The van der Waals surface area contributed by atoms with E-state index in [1.165, 1.54) is 89.9 Å². The van der Waals surface area contributed by atoms with E-state index < -0.39 is 0 Å². The summed E-state index contributed by atoms with van der Waals surface area (Å²) in [4.78, 5) is 0. The van der Waals surface area contributed by atoms with Gasteiger partial charge in [0.15, 0.2) is 0 Å². The summed E-state index contributed by atoms with van der Waals surface area (Å²) in [5, 5.41) is 0. The van der Waals surface area contributed by atoms with Crippen LogP contribution in [-0.4, -0.2) is 0 Å². The molecule has 1 atom stereocenters. The lowest BCUT2D eigenvalue weighted by Crippen LogP contribution is -2.22. The minimum absolute atomic E-state index is 0.564. The molecule has 0 nitrogen and oxygen atoms in total. The quantitative estimate of drug-likeness (QED) is 0.311. The summed E-state index contributed by atoms with van der Waals surface area (Å²) < 4.78 is 0. The van der Waals surface area contributed by atoms with Crippen LogP contribution in [0, 0.1) is 17.3 Å². The number of rotatable bonds is 11. The van der Waals surface area contributed by atoms with E-state index in [1.54, 1.807) is 0 Å². The maximum Gasteiger partial charge on any atom is -0.0329 e. The largest absolute Gasteiger partial charge is 0.0683 e. The van der Waals surface area contributed by atoms with Crippen LogP contribution in [0.1, 0.15) is 159 Å². The molecule has 168 valence electrons. The van der Waals surface area contributed by atoms with Crippen LogP contribution >= 0.6 is 0 Å². The van der Waals surface area contributed by atoms with Gasteiger partial charge in [-0.2, -0.15) is 0 Å². The summed E-state index contributed by atoms with van der Waals surface area (Å²) >= 11 is 0. The zero-order valence-corrected chi connectivity index (χ0v) is 21.6. The SMILES string of the molecule is CC.CC.CCCCC(C)(C)C(C)CCC1CCCC1.CCCCCCC. The van der Waals surface area contributed by atoms with Crippen molar-refractivity contribution in [1.82, 2.24) is 0 Å². The molecule has 0 aromatic carbocycles. The summed E-state index contributed by atoms with van der Waals surface area (Å²) in [6.07, 6.45) is 20.2. The average Bonchev–Trinajstić information content (AvgIpc) is 3.22. The maximum absolute atomic E-state index is 2.48. The molecular weight excluding hydrogens is 324 g/mol. The summed E-state index contributed by atoms with van der Waals surface area (Å²) in [6, 6.07) is 0. The normalized spacial score (nSPS) is 14.9. The lowest BCUT2D eigenvalue weighted by molar-refractivity contribution is 0.184. The molecule has 1 aliphatic rings. The second-order valence-corrected chi connectivity index (χ2v) is 8.78. The van der Waals surface area contributed by atoms with Crippen molar-refractivity contribution in [3.63, 3.8) is 0 Å². The van der Waals surface area contributed by atoms with E-state index in [-0.39, 0.29) is 0 Å². The van der Waals surface area contributed by atoms with Gasteiger partial charge in [0, 0.05) is 0 Å². The molecule has 0 aromatic heterocycles. The zero-order valence-electron chi connectivity index (χ0n) is 21.6. The van der Waals surface area contributed by atoms with Gasteiger partial charge in [0.05, 0.1) is 0 Å². The molecule has 27 heavy (non-hydrogen) atoms. The number of hydrogen-bond donors (Lipinski definition) is 0. The van der Waals surface area contributed by atoms with Crippen molar-refractivity contribution < 1.29 is 0 Å². The van der Waals surface area contributed by atoms with Crippen molar-refractivity contribution in [2.75, 3.05) is 0 Å². The van der Waals surface area contributed by atoms with Crippen molar-refractivity contribution in [2.45, 2.75) is 159 Å². The molecule has 0 heterocycles. The molecule has 0 aromatic rings. The van der Waals surface area contributed by atoms with Crippen molar-refractivity contribution >= 4 is 0 Å². The fourth-order valence-electron chi connectivity index (χ4n) is 3.73. The van der Waals surface area contributed by atoms with Crippen LogP contribution in [0.15, 0.2) is 0 Å². The first-order valence-corrected chi connectivity index (χ1v) is 13.0. The lowest BCUT2D eigenvalue weighted by atomic mass is 9.73. The van der Waals surface area contributed by atoms with Crippen LogP contribution in [-0.2, 0) is 0 Å². The third-order valence-electron chi connectivity index (χ3n) is 6.20. The first-order chi connectivity index (χ1) is 13.0. The standard InChI is InChI=1S/C16H32.C7H16.2C2H6/c1-5-6-13-16(3,4)14(2)11-12-15-9-7-8-10-15;1-3-5-7-6-4-2;2*1-2/h14-15H,5-13H2,1-4H3;3-7H2,1-2H3;2*1-2H3. The van der Waals surface area contributed by atoms with Gasteiger partial charge in [0.25, 0.3) is 0 Å². The third kappa shape index (κ3) is 20.5. The topological polar surface area (TPSA) is 0 Å². The van der Waals surface area contributed by atoms with Crippen LogP contribution in [0.2, 0.25) is 0 Å². The number of hydrogen-bond acceptors (Lipinski definition) is 0. The third-order valence-corrected chi connectivity index (χ3v) is 6.20. The Balaban J connectivity index is -0.000000440. The van der Waals surface area contributed by atoms with E-state index in [0.29, 0.717) is 5.41 Å². The fraction of sp³-hybridized carbons (Fsp3) is 1.00. The molecule has 0 N–H and O–H groups in total. The lowest BCUT2D eigenvalue weighted by Gasteiger charge is -2.32. The molecule has 0 saturated heterocycles. The molecule has 0 spiro atoms. The van der Waals surface area contributed by atoms with Gasteiger partial charge in [0.2, 0.25) is 0 Å². The molecule has 1 saturated carbocycles. The van der Waals surface area contributed by atoms with Gasteiger partial charge in [-0.05, 0) is 30.1 Å². The van der Waals surface area contributed by atoms with Crippen molar-refractivity contribution in [2.24, 2.45) is 17.3 Å². The molecule has 1 aliphatic carbocycles. The Morgan fingerprint density at radius 1 is 0.741 bits per heavy atom. The average molecular weight is 385 g/mol. The minimum Gasteiger partial charge on any atom is -0.0683 e. The Morgan fingerprint density at radius 2 is 1.19 bits per heavy atom. The first kappa shape index (κ1) is 31.7. The van der Waals surface area contributed by atoms with Crippen molar-refractivity contribution in [3.05, 3.63) is 0 Å². The highest BCUT2D eigenvalue weighted by Gasteiger charge is 2.26. The summed E-state index contributed by atoms with van der Waals surface area (Å²) in [7, 11) is 0. The van der Waals surface area contributed by atoms with E-state index in [9.17, 15) is 0 Å². The molecule has 0 radical (unpaired) electrons. The first-order valence-electron chi connectivity index (χ1n) is 13.0. The summed E-state index contributed by atoms with van der Waals surface area (Å²) in [5.74, 6) is 1.98. The highest BCUT2D eigenvalue weighted by atomic mass is 14.3. The Morgan fingerprint density at radius 3 is 1.59 bits per heavy atom. The predicted octanol–water partition coefficient (Wildman–Crippen LogP) is 10.8. The second kappa shape index (κ2) is 24.0. The molecule has 1 rings (SSSR count). The molecule has 1 unspecified atom stereocenters. The van der Waals surface area contributed by atoms with Crippen LogP contribution in [0.4, 0.5) is 0 Å². The van der Waals surface area contributed by atoms with Crippen molar-refractivity contribution in [1.29, 1.82) is 0 Å². The fourth-order valence-corrected chi connectivity index (χ4v) is 3.73. The van der Waals surface area contributed by atoms with Gasteiger partial charge in [-0.25, -0.2) is 0 Å². The van der Waals surface area contributed by atoms with Gasteiger partial charge < -0.3 is 0 Å². The highest BCUT2D eigenvalue weighted by Crippen LogP contribution is 2.38. The number of unbranched alkanes of at least 4 members (excludes halogenated alkanes) is 5. The molecule has 0 bridgehead atoms. The Kier molecular flexibility index (Phi) is 28.2. The molecular formula is C27H60. The van der Waals surface area contributed by atoms with Gasteiger partial charge in [-0.1, -0.05) is 146 Å². The molecule has 0 aliphatic heterocycles. The van der Waals surface area contributed by atoms with E-state index in [4.69, 9.17) is 0 Å². The predicted molar refractivity (Wildman–Crippen MR) is 131 cm³/mol. The monoisotopic (exact) mass is 384 g/mol. The van der Waals surface area contributed by atoms with Crippen LogP contribution in [0.3, 0.4) is 0 Å². The van der Waals surface area contributed by atoms with E-state index in [0.717, 1.165) is 11.8 Å². The van der Waals surface area contributed by atoms with Crippen LogP contribution < -0.4 is 0 Å². The molecule has 1 fully saturated rings. The zero-order chi connectivity index (χ0) is 21.6. The van der Waals surface area contributed by atoms with Gasteiger partial charge in [0.1, 0.15) is 0 Å². The van der Waals surface area contributed by atoms with E-state index in [2.05, 4.69) is 41.5 Å². The van der Waals surface area contributed by atoms with Crippen LogP contribution in [0.25, 0.3) is 0 Å². The van der Waals surface area contributed by atoms with Crippen molar-refractivity contribution in [3.8, 4) is 0 Å². The van der Waals surface area contributed by atoms with Gasteiger partial charge >= 0.3 is 0 Å². The molecule has 0 amide bonds.